The van der Waals surface area contributed by atoms with E-state index in [0.29, 0.717) is 24.5 Å². The highest BCUT2D eigenvalue weighted by Crippen LogP contribution is 2.32. The van der Waals surface area contributed by atoms with E-state index in [-0.39, 0.29) is 18.2 Å². The molecule has 2 aromatic rings. The van der Waals surface area contributed by atoms with Gasteiger partial charge in [-0.1, -0.05) is 49.4 Å². The van der Waals surface area contributed by atoms with E-state index in [2.05, 4.69) is 43.4 Å². The SMILES string of the molecule is CCC(=Cc1c(C)cccc1[C@@H](C)OC[C@H](O)CNC(C)(C)CC1Cc2ccccc2C1)C(=O)O. The lowest BCUT2D eigenvalue weighted by atomic mass is 9.88. The number of nitrogens with one attached hydrogen (secondary N) is 1. The lowest BCUT2D eigenvalue weighted by molar-refractivity contribution is -0.132. The second kappa shape index (κ2) is 12.0. The number of carbonyl (C=O) groups is 1. The molecule has 2 aromatic carbocycles. The Balaban J connectivity index is 1.52. The Hall–Kier alpha value is -2.47. The van der Waals surface area contributed by atoms with E-state index in [1.54, 1.807) is 6.08 Å². The maximum absolute atomic E-state index is 11.5. The molecule has 0 saturated carbocycles. The third-order valence-electron chi connectivity index (χ3n) is 7.06. The summed E-state index contributed by atoms with van der Waals surface area (Å²) in [5, 5.41) is 23.6. The van der Waals surface area contributed by atoms with Gasteiger partial charge in [-0.25, -0.2) is 4.79 Å². The van der Waals surface area contributed by atoms with Crippen LogP contribution in [-0.4, -0.2) is 41.0 Å². The number of ether oxygens (including phenoxy) is 1. The molecule has 0 saturated heterocycles. The van der Waals surface area contributed by atoms with Crippen molar-refractivity contribution in [2.45, 2.75) is 78.0 Å². The van der Waals surface area contributed by atoms with Gasteiger partial charge < -0.3 is 20.3 Å². The molecule has 0 aromatic heterocycles. The number of rotatable bonds is 12. The number of aliphatic hydroxyl groups is 1. The molecule has 3 rings (SSSR count). The average molecular weight is 480 g/mol. The quantitative estimate of drug-likeness (QED) is 0.351. The number of aryl methyl sites for hydroxylation is 1. The second-order valence-electron chi connectivity index (χ2n) is 10.5. The normalized spacial score (nSPS) is 16.2. The fraction of sp³-hybridized carbons (Fsp3) is 0.500. The van der Waals surface area contributed by atoms with Gasteiger partial charge in [0, 0.05) is 17.7 Å². The first kappa shape index (κ1) is 27.1. The van der Waals surface area contributed by atoms with Gasteiger partial charge in [-0.15, -0.1) is 0 Å². The van der Waals surface area contributed by atoms with E-state index < -0.39 is 12.1 Å². The van der Waals surface area contributed by atoms with E-state index in [4.69, 9.17) is 4.74 Å². The van der Waals surface area contributed by atoms with Crippen molar-refractivity contribution in [3.8, 4) is 0 Å². The predicted octanol–water partition coefficient (Wildman–Crippen LogP) is 5.48. The Bertz CT molecular complexity index is 1020. The number of benzene rings is 2. The standard InChI is InChI=1S/C30H41NO4/c1-6-23(29(33)34)16-28-20(2)10-9-13-27(28)21(3)35-19-26(32)18-31-30(4,5)17-22-14-24-11-7-8-12-25(24)15-22/h7-13,16,21-22,26,31-32H,6,14-15,17-19H2,1-5H3,(H,33,34)/t21-,26-/m1/s1. The summed E-state index contributed by atoms with van der Waals surface area (Å²) >= 11 is 0. The average Bonchev–Trinajstić information content (AvgIpc) is 3.21. The number of hydrogen-bond donors (Lipinski definition) is 3. The van der Waals surface area contributed by atoms with Crippen molar-refractivity contribution in [2.75, 3.05) is 13.2 Å². The van der Waals surface area contributed by atoms with Crippen LogP contribution in [0.15, 0.2) is 48.0 Å². The highest BCUT2D eigenvalue weighted by molar-refractivity contribution is 5.92. The highest BCUT2D eigenvalue weighted by atomic mass is 16.5. The van der Waals surface area contributed by atoms with Gasteiger partial charge in [-0.05, 0) is 93.2 Å². The van der Waals surface area contributed by atoms with Crippen LogP contribution < -0.4 is 5.32 Å². The van der Waals surface area contributed by atoms with Crippen LogP contribution in [0.4, 0.5) is 0 Å². The van der Waals surface area contributed by atoms with Crippen LogP contribution in [0.3, 0.4) is 0 Å². The van der Waals surface area contributed by atoms with Crippen molar-refractivity contribution in [1.82, 2.24) is 5.32 Å². The summed E-state index contributed by atoms with van der Waals surface area (Å²) < 4.78 is 6.04. The molecule has 0 radical (unpaired) electrons. The van der Waals surface area contributed by atoms with Gasteiger partial charge in [0.1, 0.15) is 0 Å². The molecular weight excluding hydrogens is 438 g/mol. The second-order valence-corrected chi connectivity index (χ2v) is 10.5. The van der Waals surface area contributed by atoms with E-state index >= 15 is 0 Å². The monoisotopic (exact) mass is 479 g/mol. The minimum atomic E-state index is -0.902. The predicted molar refractivity (Wildman–Crippen MR) is 141 cm³/mol. The third kappa shape index (κ3) is 7.50. The molecule has 5 nitrogen and oxygen atoms in total. The fourth-order valence-electron chi connectivity index (χ4n) is 5.13. The largest absolute Gasteiger partial charge is 0.478 e. The lowest BCUT2D eigenvalue weighted by Crippen LogP contribution is -2.45. The maximum atomic E-state index is 11.5. The van der Waals surface area contributed by atoms with E-state index in [9.17, 15) is 15.0 Å². The molecule has 35 heavy (non-hydrogen) atoms. The maximum Gasteiger partial charge on any atom is 0.331 e. The first-order chi connectivity index (χ1) is 16.6. The minimum Gasteiger partial charge on any atom is -0.478 e. The van der Waals surface area contributed by atoms with Gasteiger partial charge in [0.2, 0.25) is 0 Å². The molecule has 0 unspecified atom stereocenters. The van der Waals surface area contributed by atoms with Crippen LogP contribution in [0.1, 0.15) is 74.5 Å². The highest BCUT2D eigenvalue weighted by Gasteiger charge is 2.28. The van der Waals surface area contributed by atoms with E-state index in [1.165, 1.54) is 11.1 Å². The smallest absolute Gasteiger partial charge is 0.331 e. The molecule has 0 amide bonds. The molecule has 0 aliphatic heterocycles. The van der Waals surface area contributed by atoms with Crippen molar-refractivity contribution in [1.29, 1.82) is 0 Å². The molecule has 3 N–H and O–H groups in total. The van der Waals surface area contributed by atoms with Gasteiger partial charge in [-0.2, -0.15) is 0 Å². The molecule has 5 heteroatoms. The van der Waals surface area contributed by atoms with Crippen molar-refractivity contribution < 1.29 is 19.7 Å². The summed E-state index contributed by atoms with van der Waals surface area (Å²) in [6.45, 7) is 10.8. The molecule has 190 valence electrons. The van der Waals surface area contributed by atoms with Crippen molar-refractivity contribution in [3.63, 3.8) is 0 Å². The van der Waals surface area contributed by atoms with Crippen molar-refractivity contribution in [3.05, 3.63) is 75.9 Å². The van der Waals surface area contributed by atoms with Crippen LogP contribution in [0, 0.1) is 12.8 Å². The van der Waals surface area contributed by atoms with E-state index in [0.717, 1.165) is 36.0 Å². The lowest BCUT2D eigenvalue weighted by Gasteiger charge is -2.31. The zero-order valence-corrected chi connectivity index (χ0v) is 21.8. The number of fused-ring (bicyclic) bond motifs is 1. The molecular formula is C30H41NO4. The zero-order valence-electron chi connectivity index (χ0n) is 21.8. The summed E-state index contributed by atoms with van der Waals surface area (Å²) in [4.78, 5) is 11.5. The summed E-state index contributed by atoms with van der Waals surface area (Å²) in [5.74, 6) is -0.282. The Morgan fingerprint density at radius 3 is 2.43 bits per heavy atom. The van der Waals surface area contributed by atoms with Gasteiger partial charge in [0.15, 0.2) is 0 Å². The molecule has 1 aliphatic rings. The Morgan fingerprint density at radius 1 is 1.17 bits per heavy atom. The molecule has 2 atom stereocenters. The van der Waals surface area contributed by atoms with Crippen LogP contribution >= 0.6 is 0 Å². The Morgan fingerprint density at radius 2 is 1.83 bits per heavy atom. The van der Waals surface area contributed by atoms with Gasteiger partial charge >= 0.3 is 5.97 Å². The van der Waals surface area contributed by atoms with Crippen LogP contribution in [0.2, 0.25) is 0 Å². The van der Waals surface area contributed by atoms with Crippen LogP contribution in [-0.2, 0) is 22.4 Å². The molecule has 0 spiro atoms. The number of aliphatic carboxylic acids is 1. The Labute approximate surface area is 210 Å². The molecule has 0 bridgehead atoms. The van der Waals surface area contributed by atoms with Crippen LogP contribution in [0.5, 0.6) is 0 Å². The fourth-order valence-corrected chi connectivity index (χ4v) is 5.13. The number of aliphatic hydroxyl groups excluding tert-OH is 1. The third-order valence-corrected chi connectivity index (χ3v) is 7.06. The molecule has 1 aliphatic carbocycles. The zero-order chi connectivity index (χ0) is 25.6. The summed E-state index contributed by atoms with van der Waals surface area (Å²) in [6.07, 6.45) is 4.59. The molecule has 0 heterocycles. The van der Waals surface area contributed by atoms with Gasteiger partial charge in [0.05, 0.1) is 18.8 Å². The minimum absolute atomic E-state index is 0.0821. The summed E-state index contributed by atoms with van der Waals surface area (Å²) in [6, 6.07) is 14.6. The first-order valence-electron chi connectivity index (χ1n) is 12.7. The summed E-state index contributed by atoms with van der Waals surface area (Å²) in [7, 11) is 0. The van der Waals surface area contributed by atoms with Crippen molar-refractivity contribution in [2.24, 2.45) is 5.92 Å². The van der Waals surface area contributed by atoms with Crippen LogP contribution in [0.25, 0.3) is 6.08 Å². The number of hydrogen-bond acceptors (Lipinski definition) is 4. The topological polar surface area (TPSA) is 78.8 Å². The van der Waals surface area contributed by atoms with Gasteiger partial charge in [0.25, 0.3) is 0 Å². The number of β-amino-alcohol motifs (C(OH)–C–C–N with tert-alkyl or cyclic N) is 1. The number of carboxylic acids is 1. The number of carboxylic acid groups (broad SMARTS) is 1. The van der Waals surface area contributed by atoms with Crippen molar-refractivity contribution >= 4 is 12.0 Å². The first-order valence-corrected chi connectivity index (χ1v) is 12.7. The molecule has 0 fully saturated rings. The Kier molecular flexibility index (Phi) is 9.28. The summed E-state index contributed by atoms with van der Waals surface area (Å²) in [5.41, 5.74) is 6.03. The van der Waals surface area contributed by atoms with E-state index in [1.807, 2.05) is 39.0 Å². The van der Waals surface area contributed by atoms with Gasteiger partial charge in [-0.3, -0.25) is 0 Å².